The number of hydrogen-bond acceptors (Lipinski definition) is 1. The molecular weight excluding hydrogens is 282 g/mol. The maximum atomic E-state index is 13.1. The molecule has 1 aromatic rings. The maximum Gasteiger partial charge on any atom is 0.226 e. The highest BCUT2D eigenvalue weighted by atomic mass is 16.2. The molecule has 0 aromatic heterocycles. The third-order valence-electron chi connectivity index (χ3n) is 6.65. The smallest absolute Gasteiger partial charge is 0.226 e. The summed E-state index contributed by atoms with van der Waals surface area (Å²) in [5.74, 6) is 1.12. The van der Waals surface area contributed by atoms with Crippen LogP contribution in [-0.4, -0.2) is 12.5 Å². The topological polar surface area (TPSA) is 29.1 Å². The van der Waals surface area contributed by atoms with Crippen molar-refractivity contribution in [2.24, 2.45) is 22.2 Å². The minimum absolute atomic E-state index is 0.0698. The van der Waals surface area contributed by atoms with Crippen LogP contribution in [0.2, 0.25) is 0 Å². The second-order valence-electron chi connectivity index (χ2n) is 9.40. The van der Waals surface area contributed by atoms with E-state index >= 15 is 0 Å². The van der Waals surface area contributed by atoms with Crippen molar-refractivity contribution in [2.45, 2.75) is 58.8 Å². The minimum Gasteiger partial charge on any atom is -0.355 e. The first-order valence-electron chi connectivity index (χ1n) is 9.23. The van der Waals surface area contributed by atoms with Gasteiger partial charge in [-0.1, -0.05) is 44.2 Å². The summed E-state index contributed by atoms with van der Waals surface area (Å²) in [7, 11) is 0. The Labute approximate surface area is 140 Å². The van der Waals surface area contributed by atoms with Gasteiger partial charge in [-0.05, 0) is 67.3 Å². The molecule has 4 aliphatic rings. The molecule has 4 saturated carbocycles. The Hall–Kier alpha value is -1.31. The van der Waals surface area contributed by atoms with Crippen LogP contribution >= 0.6 is 0 Å². The molecule has 2 nitrogen and oxygen atoms in total. The number of amides is 1. The van der Waals surface area contributed by atoms with Gasteiger partial charge in [-0.15, -0.1) is 0 Å². The predicted molar refractivity (Wildman–Crippen MR) is 93.0 cm³/mol. The number of benzene rings is 1. The van der Waals surface area contributed by atoms with Gasteiger partial charge in [0.25, 0.3) is 0 Å². The van der Waals surface area contributed by atoms with Crippen molar-refractivity contribution in [3.63, 3.8) is 0 Å². The van der Waals surface area contributed by atoms with E-state index in [9.17, 15) is 4.79 Å². The van der Waals surface area contributed by atoms with Crippen LogP contribution in [0.15, 0.2) is 30.3 Å². The Morgan fingerprint density at radius 3 is 2.30 bits per heavy atom. The summed E-state index contributed by atoms with van der Waals surface area (Å²) in [5, 5.41) is 3.28. The molecule has 4 fully saturated rings. The van der Waals surface area contributed by atoms with Crippen LogP contribution in [0.4, 0.5) is 0 Å². The molecule has 124 valence electrons. The van der Waals surface area contributed by atoms with Gasteiger partial charge in [0, 0.05) is 6.54 Å². The van der Waals surface area contributed by atoms with E-state index in [1.54, 1.807) is 0 Å². The second kappa shape index (κ2) is 5.09. The van der Waals surface area contributed by atoms with Crippen molar-refractivity contribution in [1.82, 2.24) is 5.32 Å². The fraction of sp³-hybridized carbons (Fsp3) is 0.667. The predicted octanol–water partition coefficient (Wildman–Crippen LogP) is 4.34. The molecule has 1 amide bonds. The fourth-order valence-corrected chi connectivity index (χ4v) is 6.85. The van der Waals surface area contributed by atoms with Crippen molar-refractivity contribution in [2.75, 3.05) is 6.54 Å². The van der Waals surface area contributed by atoms with Crippen LogP contribution < -0.4 is 5.32 Å². The molecule has 0 aliphatic heterocycles. The van der Waals surface area contributed by atoms with Crippen molar-refractivity contribution in [1.29, 1.82) is 0 Å². The average molecular weight is 311 g/mol. The van der Waals surface area contributed by atoms with E-state index in [2.05, 4.69) is 43.4 Å². The highest BCUT2D eigenvalue weighted by molar-refractivity contribution is 5.83. The number of nitrogens with one attached hydrogen (secondary N) is 1. The van der Waals surface area contributed by atoms with Crippen LogP contribution in [0.5, 0.6) is 0 Å². The van der Waals surface area contributed by atoms with E-state index in [1.807, 2.05) is 6.07 Å². The van der Waals surface area contributed by atoms with Gasteiger partial charge in [-0.3, -0.25) is 4.79 Å². The summed E-state index contributed by atoms with van der Waals surface area (Å²) in [5.41, 5.74) is 2.05. The van der Waals surface area contributed by atoms with Crippen LogP contribution in [-0.2, 0) is 11.2 Å². The SMILES string of the molecule is CC12CC3CC(C)(C1)CC(C(=O)NCCc1ccccc1)(C3)C2. The Balaban J connectivity index is 1.44. The van der Waals surface area contributed by atoms with Crippen LogP contribution in [0, 0.1) is 22.2 Å². The largest absolute Gasteiger partial charge is 0.355 e. The number of hydrogen-bond donors (Lipinski definition) is 1. The lowest BCUT2D eigenvalue weighted by Crippen LogP contribution is -2.60. The molecule has 4 aliphatic carbocycles. The summed E-state index contributed by atoms with van der Waals surface area (Å²) in [6.45, 7) is 5.63. The van der Waals surface area contributed by atoms with Crippen LogP contribution in [0.1, 0.15) is 57.9 Å². The van der Waals surface area contributed by atoms with Gasteiger partial charge in [0.1, 0.15) is 0 Å². The van der Waals surface area contributed by atoms with E-state index in [4.69, 9.17) is 0 Å². The summed E-state index contributed by atoms with van der Waals surface area (Å²) in [4.78, 5) is 13.1. The molecule has 0 radical (unpaired) electrons. The highest BCUT2D eigenvalue weighted by Crippen LogP contribution is 2.69. The van der Waals surface area contributed by atoms with Crippen LogP contribution in [0.25, 0.3) is 0 Å². The quantitative estimate of drug-likeness (QED) is 0.880. The Morgan fingerprint density at radius 1 is 1.04 bits per heavy atom. The highest BCUT2D eigenvalue weighted by Gasteiger charge is 2.62. The zero-order valence-corrected chi connectivity index (χ0v) is 14.5. The molecular formula is C21H29NO. The first-order valence-corrected chi connectivity index (χ1v) is 9.23. The van der Waals surface area contributed by atoms with Crippen molar-refractivity contribution < 1.29 is 4.79 Å². The molecule has 2 unspecified atom stereocenters. The Kier molecular flexibility index (Phi) is 3.37. The molecule has 2 atom stereocenters. The lowest BCUT2D eigenvalue weighted by atomic mass is 9.40. The zero-order valence-electron chi connectivity index (χ0n) is 14.5. The number of carbonyl (C=O) groups excluding carboxylic acids is 1. The number of rotatable bonds is 4. The average Bonchev–Trinajstić information content (AvgIpc) is 2.44. The van der Waals surface area contributed by atoms with Gasteiger partial charge in [0.2, 0.25) is 5.91 Å². The molecule has 23 heavy (non-hydrogen) atoms. The van der Waals surface area contributed by atoms with Gasteiger partial charge >= 0.3 is 0 Å². The standard InChI is InChI=1S/C21H29NO/c1-19-10-17-11-20(2,13-19)15-21(12-17,14-19)18(23)22-9-8-16-6-4-3-5-7-16/h3-7,17H,8-15H2,1-2H3,(H,22,23). The minimum atomic E-state index is -0.0698. The van der Waals surface area contributed by atoms with Gasteiger partial charge < -0.3 is 5.32 Å². The van der Waals surface area contributed by atoms with Crippen molar-refractivity contribution in [3.05, 3.63) is 35.9 Å². The van der Waals surface area contributed by atoms with Gasteiger partial charge in [0.05, 0.1) is 5.41 Å². The van der Waals surface area contributed by atoms with Gasteiger partial charge in [-0.2, -0.15) is 0 Å². The second-order valence-corrected chi connectivity index (χ2v) is 9.40. The van der Waals surface area contributed by atoms with Crippen molar-refractivity contribution >= 4 is 5.91 Å². The van der Waals surface area contributed by atoms with E-state index in [1.165, 1.54) is 24.8 Å². The lowest BCUT2D eigenvalue weighted by molar-refractivity contribution is -0.170. The van der Waals surface area contributed by atoms with E-state index in [-0.39, 0.29) is 5.41 Å². The van der Waals surface area contributed by atoms with E-state index in [0.29, 0.717) is 16.7 Å². The summed E-state index contributed by atoms with van der Waals surface area (Å²) in [6, 6.07) is 10.5. The molecule has 0 spiro atoms. The third kappa shape index (κ3) is 2.70. The molecule has 1 N–H and O–H groups in total. The Morgan fingerprint density at radius 2 is 1.70 bits per heavy atom. The third-order valence-corrected chi connectivity index (χ3v) is 6.65. The monoisotopic (exact) mass is 311 g/mol. The molecule has 2 heteroatoms. The summed E-state index contributed by atoms with van der Waals surface area (Å²) >= 11 is 0. The zero-order chi connectivity index (χ0) is 16.1. The van der Waals surface area contributed by atoms with Crippen molar-refractivity contribution in [3.8, 4) is 0 Å². The Bertz CT molecular complexity index is 590. The maximum absolute atomic E-state index is 13.1. The number of carbonyl (C=O) groups is 1. The van der Waals surface area contributed by atoms with Crippen LogP contribution in [0.3, 0.4) is 0 Å². The molecule has 0 saturated heterocycles. The summed E-state index contributed by atoms with van der Waals surface area (Å²) < 4.78 is 0. The van der Waals surface area contributed by atoms with E-state index < -0.39 is 0 Å². The van der Waals surface area contributed by atoms with E-state index in [0.717, 1.165) is 38.1 Å². The first-order chi connectivity index (χ1) is 10.9. The molecule has 0 heterocycles. The first kappa shape index (κ1) is 15.2. The normalized spacial score (nSPS) is 41.0. The fourth-order valence-electron chi connectivity index (χ4n) is 6.85. The lowest BCUT2D eigenvalue weighted by Gasteiger charge is -2.64. The van der Waals surface area contributed by atoms with Gasteiger partial charge in [0.15, 0.2) is 0 Å². The molecule has 1 aromatic carbocycles. The molecule has 5 rings (SSSR count). The summed E-state index contributed by atoms with van der Waals surface area (Å²) in [6.07, 6.45) is 8.32. The molecule has 4 bridgehead atoms. The van der Waals surface area contributed by atoms with Gasteiger partial charge in [-0.25, -0.2) is 0 Å².